The number of rotatable bonds is 3. The molecular formula is C15H13NO2. The van der Waals surface area contributed by atoms with E-state index in [2.05, 4.69) is 0 Å². The number of hydrogen-bond donors (Lipinski definition) is 1. The van der Waals surface area contributed by atoms with E-state index in [1.807, 2.05) is 48.5 Å². The van der Waals surface area contributed by atoms with Crippen molar-refractivity contribution in [3.05, 3.63) is 78.1 Å². The zero-order chi connectivity index (χ0) is 12.4. The van der Waals surface area contributed by atoms with Gasteiger partial charge in [-0.1, -0.05) is 18.2 Å². The molecule has 0 spiro atoms. The number of nitrogens with two attached hydrogens (primary N) is 1. The standard InChI is InChI=1S/C15H13NO2/c16-12-6-2-1-5-11(12)15(13-7-3-9-17-13)14-8-4-10-18-14/h1-10,15H,16H2. The maximum atomic E-state index is 6.05. The van der Waals surface area contributed by atoms with Gasteiger partial charge in [-0.25, -0.2) is 0 Å². The van der Waals surface area contributed by atoms with Crippen LogP contribution >= 0.6 is 0 Å². The van der Waals surface area contributed by atoms with Gasteiger partial charge in [-0.3, -0.25) is 0 Å². The molecular weight excluding hydrogens is 226 g/mol. The van der Waals surface area contributed by atoms with Crippen LogP contribution in [0.3, 0.4) is 0 Å². The third kappa shape index (κ3) is 1.80. The summed E-state index contributed by atoms with van der Waals surface area (Å²) in [5.74, 6) is 1.54. The highest BCUT2D eigenvalue weighted by Gasteiger charge is 2.23. The van der Waals surface area contributed by atoms with Gasteiger partial charge >= 0.3 is 0 Å². The molecule has 0 atom stereocenters. The number of benzene rings is 1. The smallest absolute Gasteiger partial charge is 0.118 e. The van der Waals surface area contributed by atoms with Gasteiger partial charge in [0.25, 0.3) is 0 Å². The summed E-state index contributed by atoms with van der Waals surface area (Å²) >= 11 is 0. The molecule has 2 aromatic heterocycles. The van der Waals surface area contributed by atoms with Gasteiger partial charge in [-0.05, 0) is 35.9 Å². The maximum Gasteiger partial charge on any atom is 0.118 e. The van der Waals surface area contributed by atoms with Gasteiger partial charge < -0.3 is 14.6 Å². The molecule has 2 N–H and O–H groups in total. The van der Waals surface area contributed by atoms with E-state index in [0.717, 1.165) is 22.8 Å². The van der Waals surface area contributed by atoms with E-state index < -0.39 is 0 Å². The van der Waals surface area contributed by atoms with E-state index in [9.17, 15) is 0 Å². The van der Waals surface area contributed by atoms with Crippen LogP contribution in [-0.4, -0.2) is 0 Å². The van der Waals surface area contributed by atoms with Crippen molar-refractivity contribution >= 4 is 5.69 Å². The molecule has 0 aliphatic heterocycles. The minimum Gasteiger partial charge on any atom is -0.468 e. The van der Waals surface area contributed by atoms with Crippen molar-refractivity contribution in [2.45, 2.75) is 5.92 Å². The molecule has 2 heterocycles. The van der Waals surface area contributed by atoms with Gasteiger partial charge in [0.2, 0.25) is 0 Å². The highest BCUT2D eigenvalue weighted by Crippen LogP contribution is 2.35. The van der Waals surface area contributed by atoms with E-state index in [-0.39, 0.29) is 5.92 Å². The molecule has 0 fully saturated rings. The molecule has 3 nitrogen and oxygen atoms in total. The third-order valence-corrected chi connectivity index (χ3v) is 2.96. The zero-order valence-corrected chi connectivity index (χ0v) is 9.74. The van der Waals surface area contributed by atoms with Crippen molar-refractivity contribution in [1.82, 2.24) is 0 Å². The molecule has 1 aromatic carbocycles. The molecule has 0 saturated heterocycles. The Morgan fingerprint density at radius 1 is 0.778 bits per heavy atom. The number of para-hydroxylation sites is 1. The van der Waals surface area contributed by atoms with Crippen molar-refractivity contribution < 1.29 is 8.83 Å². The summed E-state index contributed by atoms with van der Waals surface area (Å²) in [4.78, 5) is 0. The fourth-order valence-electron chi connectivity index (χ4n) is 2.13. The predicted octanol–water partition coefficient (Wildman–Crippen LogP) is 3.64. The monoisotopic (exact) mass is 239 g/mol. The minimum atomic E-state index is -0.101. The van der Waals surface area contributed by atoms with Crippen molar-refractivity contribution in [3.63, 3.8) is 0 Å². The second-order valence-electron chi connectivity index (χ2n) is 4.09. The molecule has 90 valence electrons. The first-order valence-electron chi connectivity index (χ1n) is 5.77. The van der Waals surface area contributed by atoms with Crippen LogP contribution in [0.4, 0.5) is 5.69 Å². The average molecular weight is 239 g/mol. The second kappa shape index (κ2) is 4.45. The van der Waals surface area contributed by atoms with Crippen molar-refractivity contribution in [2.75, 3.05) is 5.73 Å². The van der Waals surface area contributed by atoms with Crippen LogP contribution in [0.25, 0.3) is 0 Å². The van der Waals surface area contributed by atoms with E-state index in [1.165, 1.54) is 0 Å². The van der Waals surface area contributed by atoms with E-state index >= 15 is 0 Å². The average Bonchev–Trinajstić information content (AvgIpc) is 3.05. The lowest BCUT2D eigenvalue weighted by molar-refractivity contribution is 0.450. The molecule has 0 radical (unpaired) electrons. The lowest BCUT2D eigenvalue weighted by atomic mass is 9.93. The zero-order valence-electron chi connectivity index (χ0n) is 9.74. The molecule has 18 heavy (non-hydrogen) atoms. The Morgan fingerprint density at radius 3 is 1.89 bits per heavy atom. The fourth-order valence-corrected chi connectivity index (χ4v) is 2.13. The topological polar surface area (TPSA) is 52.3 Å². The SMILES string of the molecule is Nc1ccccc1C(c1ccco1)c1ccco1. The van der Waals surface area contributed by atoms with Crippen LogP contribution in [0.1, 0.15) is 23.0 Å². The van der Waals surface area contributed by atoms with Gasteiger partial charge in [0.05, 0.1) is 12.5 Å². The van der Waals surface area contributed by atoms with Crippen LogP contribution in [0, 0.1) is 0 Å². The lowest BCUT2D eigenvalue weighted by Gasteiger charge is -2.14. The van der Waals surface area contributed by atoms with Gasteiger partial charge in [0, 0.05) is 5.69 Å². The summed E-state index contributed by atoms with van der Waals surface area (Å²) in [6.45, 7) is 0. The highest BCUT2D eigenvalue weighted by molar-refractivity contribution is 5.53. The Labute approximate surface area is 105 Å². The van der Waals surface area contributed by atoms with Gasteiger partial charge in [-0.2, -0.15) is 0 Å². The molecule has 3 rings (SSSR count). The molecule has 3 heteroatoms. The summed E-state index contributed by atoms with van der Waals surface area (Å²) < 4.78 is 11.0. The maximum absolute atomic E-state index is 6.05. The molecule has 0 aliphatic rings. The van der Waals surface area contributed by atoms with Crippen molar-refractivity contribution in [1.29, 1.82) is 0 Å². The van der Waals surface area contributed by atoms with Gasteiger partial charge in [-0.15, -0.1) is 0 Å². The minimum absolute atomic E-state index is 0.101. The number of furan rings is 2. The Kier molecular flexibility index (Phi) is 2.65. The number of hydrogen-bond acceptors (Lipinski definition) is 3. The van der Waals surface area contributed by atoms with E-state index in [1.54, 1.807) is 12.5 Å². The van der Waals surface area contributed by atoms with Crippen LogP contribution in [0.5, 0.6) is 0 Å². The summed E-state index contributed by atoms with van der Waals surface area (Å²) in [6.07, 6.45) is 3.31. The Hall–Kier alpha value is -2.42. The first-order chi connectivity index (χ1) is 8.86. The second-order valence-corrected chi connectivity index (χ2v) is 4.09. The number of anilines is 1. The summed E-state index contributed by atoms with van der Waals surface area (Å²) in [7, 11) is 0. The van der Waals surface area contributed by atoms with E-state index in [4.69, 9.17) is 14.6 Å². The van der Waals surface area contributed by atoms with Crippen LogP contribution in [-0.2, 0) is 0 Å². The first-order valence-corrected chi connectivity index (χ1v) is 5.77. The van der Waals surface area contributed by atoms with Crippen LogP contribution in [0.2, 0.25) is 0 Å². The van der Waals surface area contributed by atoms with Crippen LogP contribution < -0.4 is 5.73 Å². The molecule has 0 bridgehead atoms. The highest BCUT2D eigenvalue weighted by atomic mass is 16.3. The number of nitrogen functional groups attached to an aromatic ring is 1. The summed E-state index contributed by atoms with van der Waals surface area (Å²) in [5.41, 5.74) is 7.77. The molecule has 0 aliphatic carbocycles. The quantitative estimate of drug-likeness (QED) is 0.710. The Morgan fingerprint density at radius 2 is 1.39 bits per heavy atom. The Bertz CT molecular complexity index is 578. The van der Waals surface area contributed by atoms with Crippen molar-refractivity contribution in [3.8, 4) is 0 Å². The third-order valence-electron chi connectivity index (χ3n) is 2.96. The largest absolute Gasteiger partial charge is 0.468 e. The normalized spacial score (nSPS) is 10.9. The Balaban J connectivity index is 2.15. The van der Waals surface area contributed by atoms with Crippen LogP contribution in [0.15, 0.2) is 69.9 Å². The fraction of sp³-hybridized carbons (Fsp3) is 0.0667. The van der Waals surface area contributed by atoms with Gasteiger partial charge in [0.15, 0.2) is 0 Å². The van der Waals surface area contributed by atoms with Gasteiger partial charge in [0.1, 0.15) is 17.4 Å². The van der Waals surface area contributed by atoms with E-state index in [0.29, 0.717) is 0 Å². The van der Waals surface area contributed by atoms with Crippen molar-refractivity contribution in [2.24, 2.45) is 0 Å². The molecule has 3 aromatic rings. The molecule has 0 unspecified atom stereocenters. The molecule has 0 saturated carbocycles. The summed E-state index contributed by atoms with van der Waals surface area (Å²) in [6, 6.07) is 15.3. The molecule has 0 amide bonds. The summed E-state index contributed by atoms with van der Waals surface area (Å²) in [5, 5.41) is 0. The first kappa shape index (κ1) is 10.7. The predicted molar refractivity (Wildman–Crippen MR) is 69.2 cm³/mol. The lowest BCUT2D eigenvalue weighted by Crippen LogP contribution is -2.04.